The lowest BCUT2D eigenvalue weighted by atomic mass is 10.1. The summed E-state index contributed by atoms with van der Waals surface area (Å²) in [5, 5.41) is 0. The summed E-state index contributed by atoms with van der Waals surface area (Å²) in [4.78, 5) is 23.3. The number of carbonyl (C=O) groups excluding carboxylic acids is 2. The minimum absolute atomic E-state index is 0.126. The summed E-state index contributed by atoms with van der Waals surface area (Å²) < 4.78 is 10.5. The van der Waals surface area contributed by atoms with Crippen molar-refractivity contribution in [2.45, 2.75) is 64.6 Å². The lowest BCUT2D eigenvalue weighted by molar-refractivity contribution is -0.146. The smallest absolute Gasteiger partial charge is 0.306 e. The van der Waals surface area contributed by atoms with Crippen LogP contribution in [0.3, 0.4) is 0 Å². The van der Waals surface area contributed by atoms with Crippen LogP contribution in [-0.2, 0) is 32.3 Å². The van der Waals surface area contributed by atoms with Crippen LogP contribution in [0.1, 0.15) is 62.5 Å². The summed E-state index contributed by atoms with van der Waals surface area (Å²) in [5.74, 6) is -0.252. The highest BCUT2D eigenvalue weighted by molar-refractivity contribution is 5.69. The van der Waals surface area contributed by atoms with Gasteiger partial charge in [-0.15, -0.1) is 0 Å². The van der Waals surface area contributed by atoms with Crippen LogP contribution in [0.4, 0.5) is 0 Å². The van der Waals surface area contributed by atoms with Gasteiger partial charge in [0.1, 0.15) is 13.2 Å². The molecule has 2 aliphatic heterocycles. The quantitative estimate of drug-likeness (QED) is 0.682. The van der Waals surface area contributed by atoms with Crippen LogP contribution >= 0.6 is 0 Å². The minimum Gasteiger partial charge on any atom is -0.461 e. The van der Waals surface area contributed by atoms with Crippen molar-refractivity contribution < 1.29 is 19.1 Å². The zero-order valence-corrected chi connectivity index (χ0v) is 13.0. The summed E-state index contributed by atoms with van der Waals surface area (Å²) >= 11 is 0. The molecule has 0 atom stereocenters. The second-order valence-corrected chi connectivity index (χ2v) is 5.76. The van der Waals surface area contributed by atoms with Crippen molar-refractivity contribution >= 4 is 11.9 Å². The van der Waals surface area contributed by atoms with E-state index in [0.29, 0.717) is 26.1 Å². The molecule has 0 unspecified atom stereocenters. The maximum absolute atomic E-state index is 11.6. The van der Waals surface area contributed by atoms with Gasteiger partial charge < -0.3 is 9.47 Å². The molecule has 0 saturated heterocycles. The Morgan fingerprint density at radius 2 is 0.955 bits per heavy atom. The molecule has 120 valence electrons. The predicted molar refractivity (Wildman–Crippen MR) is 83.0 cm³/mol. The van der Waals surface area contributed by atoms with E-state index in [2.05, 4.69) is 0 Å². The van der Waals surface area contributed by atoms with E-state index >= 15 is 0 Å². The lowest BCUT2D eigenvalue weighted by Gasteiger charge is -2.08. The van der Waals surface area contributed by atoms with Gasteiger partial charge in [0.25, 0.3) is 0 Å². The Labute approximate surface area is 131 Å². The molecule has 0 amide bonds. The van der Waals surface area contributed by atoms with Gasteiger partial charge in [0, 0.05) is 12.8 Å². The minimum atomic E-state index is -0.126. The first-order chi connectivity index (χ1) is 10.7. The molecule has 22 heavy (non-hydrogen) atoms. The van der Waals surface area contributed by atoms with Crippen LogP contribution in [-0.4, -0.2) is 11.9 Å². The van der Waals surface area contributed by atoms with E-state index in [1.165, 1.54) is 0 Å². The standard InChI is InChI=1S/C18H24O4/c19-17-7-5-3-1-2-4-6-8-18(20)22-14-16-11-9-15(10-12-16)13-21-17/h9-12H,1-8,13-14H2. The van der Waals surface area contributed by atoms with Crippen molar-refractivity contribution in [3.63, 3.8) is 0 Å². The van der Waals surface area contributed by atoms with Crippen molar-refractivity contribution in [1.82, 2.24) is 0 Å². The summed E-state index contributed by atoms with van der Waals surface area (Å²) in [5.41, 5.74) is 1.90. The molecule has 2 bridgehead atoms. The van der Waals surface area contributed by atoms with E-state index in [-0.39, 0.29) is 11.9 Å². The lowest BCUT2D eigenvalue weighted by Crippen LogP contribution is -2.06. The first-order valence-electron chi connectivity index (χ1n) is 8.13. The van der Waals surface area contributed by atoms with Gasteiger partial charge in [0.15, 0.2) is 0 Å². The fourth-order valence-electron chi connectivity index (χ4n) is 2.45. The molecule has 2 aliphatic rings. The molecule has 0 aliphatic carbocycles. The first kappa shape index (κ1) is 16.5. The average molecular weight is 304 g/mol. The predicted octanol–water partition coefficient (Wildman–Crippen LogP) is 3.91. The summed E-state index contributed by atoms with van der Waals surface area (Å²) in [6.45, 7) is 0.609. The molecule has 0 N–H and O–H groups in total. The molecule has 0 spiro atoms. The molecule has 4 nitrogen and oxygen atoms in total. The van der Waals surface area contributed by atoms with Gasteiger partial charge in [-0.05, 0) is 24.0 Å². The highest BCUT2D eigenvalue weighted by atomic mass is 16.5. The Bertz CT molecular complexity index is 433. The molecule has 3 rings (SSSR count). The Morgan fingerprint density at radius 1 is 0.591 bits per heavy atom. The molecule has 4 heteroatoms. The van der Waals surface area contributed by atoms with Crippen molar-refractivity contribution in [1.29, 1.82) is 0 Å². The maximum atomic E-state index is 11.6. The number of hydrogen-bond acceptors (Lipinski definition) is 4. The van der Waals surface area contributed by atoms with E-state index in [0.717, 1.165) is 49.7 Å². The summed E-state index contributed by atoms with van der Waals surface area (Å²) in [6.07, 6.45) is 7.00. The molecular formula is C18H24O4. The largest absolute Gasteiger partial charge is 0.461 e. The van der Waals surface area contributed by atoms with Gasteiger partial charge >= 0.3 is 11.9 Å². The van der Waals surface area contributed by atoms with E-state index in [9.17, 15) is 9.59 Å². The van der Waals surface area contributed by atoms with Crippen LogP contribution < -0.4 is 0 Å². The molecule has 2 heterocycles. The van der Waals surface area contributed by atoms with Crippen LogP contribution in [0.25, 0.3) is 0 Å². The number of benzene rings is 1. The van der Waals surface area contributed by atoms with Gasteiger partial charge in [-0.3, -0.25) is 9.59 Å². The monoisotopic (exact) mass is 304 g/mol. The molecule has 1 aromatic carbocycles. The fraction of sp³-hybridized carbons (Fsp3) is 0.556. The number of ether oxygens (including phenoxy) is 2. The van der Waals surface area contributed by atoms with Gasteiger partial charge in [-0.25, -0.2) is 0 Å². The number of rotatable bonds is 0. The van der Waals surface area contributed by atoms with Crippen LogP contribution in [0, 0.1) is 0 Å². The third kappa shape index (κ3) is 6.29. The third-order valence-electron chi connectivity index (χ3n) is 3.83. The Hall–Kier alpha value is -1.84. The molecule has 0 saturated carbocycles. The Kier molecular flexibility index (Phi) is 6.94. The van der Waals surface area contributed by atoms with Gasteiger partial charge in [-0.2, -0.15) is 0 Å². The highest BCUT2D eigenvalue weighted by Crippen LogP contribution is 2.12. The summed E-state index contributed by atoms with van der Waals surface area (Å²) in [7, 11) is 0. The molecular weight excluding hydrogens is 280 g/mol. The average Bonchev–Trinajstić information content (AvgIpc) is 2.53. The van der Waals surface area contributed by atoms with E-state index < -0.39 is 0 Å². The molecule has 0 radical (unpaired) electrons. The van der Waals surface area contributed by atoms with Crippen LogP contribution in [0.5, 0.6) is 0 Å². The molecule has 0 fully saturated rings. The Balaban J connectivity index is 1.91. The number of esters is 2. The second kappa shape index (κ2) is 9.23. The van der Waals surface area contributed by atoms with Crippen molar-refractivity contribution in [3.8, 4) is 0 Å². The number of carbonyl (C=O) groups is 2. The highest BCUT2D eigenvalue weighted by Gasteiger charge is 2.06. The topological polar surface area (TPSA) is 52.6 Å². The number of hydrogen-bond donors (Lipinski definition) is 0. The van der Waals surface area contributed by atoms with Crippen molar-refractivity contribution in [2.24, 2.45) is 0 Å². The number of fused-ring (bicyclic) bond motifs is 15. The van der Waals surface area contributed by atoms with E-state index in [1.54, 1.807) is 0 Å². The van der Waals surface area contributed by atoms with Gasteiger partial charge in [0.2, 0.25) is 0 Å². The van der Waals surface area contributed by atoms with E-state index in [1.807, 2.05) is 24.3 Å². The van der Waals surface area contributed by atoms with E-state index in [4.69, 9.17) is 9.47 Å². The Morgan fingerprint density at radius 3 is 1.36 bits per heavy atom. The summed E-state index contributed by atoms with van der Waals surface area (Å²) in [6, 6.07) is 7.61. The van der Waals surface area contributed by atoms with Crippen LogP contribution in [0.15, 0.2) is 24.3 Å². The van der Waals surface area contributed by atoms with Crippen molar-refractivity contribution in [3.05, 3.63) is 35.4 Å². The third-order valence-corrected chi connectivity index (χ3v) is 3.83. The SMILES string of the molecule is O=C1CCCCCCCCC(=O)OCc2ccc(cc2)CO1. The van der Waals surface area contributed by atoms with Crippen LogP contribution in [0.2, 0.25) is 0 Å². The van der Waals surface area contributed by atoms with Gasteiger partial charge in [0.05, 0.1) is 0 Å². The molecule has 0 aromatic heterocycles. The zero-order valence-electron chi connectivity index (χ0n) is 13.0. The second-order valence-electron chi connectivity index (χ2n) is 5.76. The zero-order chi connectivity index (χ0) is 15.6. The maximum Gasteiger partial charge on any atom is 0.306 e. The normalized spacial score (nSPS) is 18.9. The first-order valence-corrected chi connectivity index (χ1v) is 8.13. The van der Waals surface area contributed by atoms with Gasteiger partial charge in [-0.1, -0.05) is 49.9 Å². The fourth-order valence-corrected chi connectivity index (χ4v) is 2.45. The molecule has 1 aromatic rings. The van der Waals surface area contributed by atoms with Crippen molar-refractivity contribution in [2.75, 3.05) is 0 Å².